The molecule has 0 amide bonds. The molecule has 1 unspecified atom stereocenters. The van der Waals surface area contributed by atoms with Gasteiger partial charge in [0.25, 0.3) is 0 Å². The second kappa shape index (κ2) is 5.96. The molecular formula is C27H22. The lowest BCUT2D eigenvalue weighted by molar-refractivity contribution is 0.714. The van der Waals surface area contributed by atoms with E-state index in [2.05, 4.69) is 111 Å². The molecular weight excluding hydrogens is 324 g/mol. The van der Waals surface area contributed by atoms with Crippen molar-refractivity contribution >= 4 is 0 Å². The Morgan fingerprint density at radius 2 is 1.26 bits per heavy atom. The Morgan fingerprint density at radius 3 is 2.00 bits per heavy atom. The van der Waals surface area contributed by atoms with Gasteiger partial charge in [0.05, 0.1) is 0 Å². The molecule has 0 N–H and O–H groups in total. The zero-order valence-corrected chi connectivity index (χ0v) is 15.7. The highest BCUT2D eigenvalue weighted by Crippen LogP contribution is 2.53. The molecule has 0 spiro atoms. The van der Waals surface area contributed by atoms with Crippen LogP contribution in [0, 0.1) is 6.92 Å². The molecule has 1 aliphatic rings. The van der Waals surface area contributed by atoms with Gasteiger partial charge in [0.15, 0.2) is 0 Å². The van der Waals surface area contributed by atoms with Crippen LogP contribution in [0.5, 0.6) is 0 Å². The minimum absolute atomic E-state index is 0.135. The van der Waals surface area contributed by atoms with Crippen LogP contribution in [0.15, 0.2) is 97.1 Å². The van der Waals surface area contributed by atoms with Gasteiger partial charge in [-0.3, -0.25) is 0 Å². The lowest BCUT2D eigenvalue weighted by Crippen LogP contribution is -2.22. The van der Waals surface area contributed by atoms with E-state index < -0.39 is 0 Å². The van der Waals surface area contributed by atoms with E-state index in [4.69, 9.17) is 0 Å². The van der Waals surface area contributed by atoms with E-state index >= 15 is 0 Å². The summed E-state index contributed by atoms with van der Waals surface area (Å²) in [7, 11) is 0. The Hall–Kier alpha value is -3.12. The SMILES string of the molecule is Cc1ccc2c(c1)-c1ccc(-c3ccccc3)cc1C2(C)c1ccccc1. The van der Waals surface area contributed by atoms with Crippen molar-refractivity contribution < 1.29 is 0 Å². The summed E-state index contributed by atoms with van der Waals surface area (Å²) in [5, 5.41) is 0. The Labute approximate surface area is 161 Å². The first kappa shape index (κ1) is 16.1. The second-order valence-electron chi connectivity index (χ2n) is 7.67. The predicted octanol–water partition coefficient (Wildman–Crippen LogP) is 7.00. The topological polar surface area (TPSA) is 0 Å². The summed E-state index contributed by atoms with van der Waals surface area (Å²) < 4.78 is 0. The average Bonchev–Trinajstić information content (AvgIpc) is 2.98. The molecule has 5 rings (SSSR count). The van der Waals surface area contributed by atoms with E-state index in [1.165, 1.54) is 44.5 Å². The van der Waals surface area contributed by atoms with Crippen molar-refractivity contribution in [3.63, 3.8) is 0 Å². The maximum atomic E-state index is 2.40. The van der Waals surface area contributed by atoms with Crippen LogP contribution in [0.4, 0.5) is 0 Å². The zero-order chi connectivity index (χ0) is 18.4. The fourth-order valence-electron chi connectivity index (χ4n) is 4.55. The van der Waals surface area contributed by atoms with Gasteiger partial charge in [-0.15, -0.1) is 0 Å². The van der Waals surface area contributed by atoms with Gasteiger partial charge >= 0.3 is 0 Å². The summed E-state index contributed by atoms with van der Waals surface area (Å²) in [4.78, 5) is 0. The Kier molecular flexibility index (Phi) is 3.55. The maximum Gasteiger partial charge on any atom is 0.0435 e. The molecule has 0 aromatic heterocycles. The van der Waals surface area contributed by atoms with Crippen LogP contribution in [0.25, 0.3) is 22.3 Å². The van der Waals surface area contributed by atoms with Gasteiger partial charge in [-0.25, -0.2) is 0 Å². The number of fused-ring (bicyclic) bond motifs is 3. The van der Waals surface area contributed by atoms with Crippen molar-refractivity contribution in [2.75, 3.05) is 0 Å². The van der Waals surface area contributed by atoms with Crippen LogP contribution in [0.2, 0.25) is 0 Å². The highest BCUT2D eigenvalue weighted by molar-refractivity contribution is 5.86. The third-order valence-electron chi connectivity index (χ3n) is 6.02. The van der Waals surface area contributed by atoms with Crippen molar-refractivity contribution in [2.24, 2.45) is 0 Å². The number of aryl methyl sites for hydroxylation is 1. The van der Waals surface area contributed by atoms with Crippen molar-refractivity contribution in [3.8, 4) is 22.3 Å². The summed E-state index contributed by atoms with van der Waals surface area (Å²) >= 11 is 0. The molecule has 0 saturated carbocycles. The lowest BCUT2D eigenvalue weighted by atomic mass is 9.74. The highest BCUT2D eigenvalue weighted by atomic mass is 14.4. The Balaban J connectivity index is 1.81. The van der Waals surface area contributed by atoms with Gasteiger partial charge in [-0.05, 0) is 58.9 Å². The molecule has 0 fully saturated rings. The number of hydrogen-bond acceptors (Lipinski definition) is 0. The molecule has 4 aromatic carbocycles. The molecule has 0 heteroatoms. The van der Waals surface area contributed by atoms with Gasteiger partial charge in [0, 0.05) is 5.41 Å². The van der Waals surface area contributed by atoms with Crippen LogP contribution in [-0.2, 0) is 5.41 Å². The van der Waals surface area contributed by atoms with E-state index in [0.717, 1.165) is 0 Å². The molecule has 27 heavy (non-hydrogen) atoms. The van der Waals surface area contributed by atoms with Gasteiger partial charge in [0.1, 0.15) is 0 Å². The predicted molar refractivity (Wildman–Crippen MR) is 114 cm³/mol. The molecule has 4 aromatic rings. The monoisotopic (exact) mass is 346 g/mol. The first-order valence-electron chi connectivity index (χ1n) is 9.55. The average molecular weight is 346 g/mol. The van der Waals surface area contributed by atoms with Gasteiger partial charge in [0.2, 0.25) is 0 Å². The van der Waals surface area contributed by atoms with Gasteiger partial charge < -0.3 is 0 Å². The minimum atomic E-state index is -0.135. The summed E-state index contributed by atoms with van der Waals surface area (Å²) in [6, 6.07) is 35.4. The van der Waals surface area contributed by atoms with Gasteiger partial charge in [-0.1, -0.05) is 96.6 Å². The van der Waals surface area contributed by atoms with Gasteiger partial charge in [-0.2, -0.15) is 0 Å². The molecule has 0 saturated heterocycles. The second-order valence-corrected chi connectivity index (χ2v) is 7.67. The first-order chi connectivity index (χ1) is 13.2. The highest BCUT2D eigenvalue weighted by Gasteiger charge is 2.40. The number of rotatable bonds is 2. The molecule has 1 aliphatic carbocycles. The molecule has 0 heterocycles. The third kappa shape index (κ3) is 2.37. The van der Waals surface area contributed by atoms with Crippen LogP contribution < -0.4 is 0 Å². The number of hydrogen-bond donors (Lipinski definition) is 0. The molecule has 1 atom stereocenters. The fourth-order valence-corrected chi connectivity index (χ4v) is 4.55. The Morgan fingerprint density at radius 1 is 0.556 bits per heavy atom. The molecule has 0 radical (unpaired) electrons. The molecule has 0 bridgehead atoms. The molecule has 130 valence electrons. The maximum absolute atomic E-state index is 2.40. The van der Waals surface area contributed by atoms with Crippen molar-refractivity contribution in [2.45, 2.75) is 19.3 Å². The van der Waals surface area contributed by atoms with Crippen LogP contribution in [0.1, 0.15) is 29.2 Å². The summed E-state index contributed by atoms with van der Waals surface area (Å²) in [5.74, 6) is 0. The minimum Gasteiger partial charge on any atom is -0.0622 e. The first-order valence-corrected chi connectivity index (χ1v) is 9.55. The Bertz CT molecular complexity index is 1120. The van der Waals surface area contributed by atoms with Crippen molar-refractivity contribution in [1.82, 2.24) is 0 Å². The summed E-state index contributed by atoms with van der Waals surface area (Å²) in [5.41, 5.74) is 10.6. The number of benzene rings is 4. The standard InChI is InChI=1S/C27H22/c1-19-13-16-25-24(17-19)23-15-14-21(20-9-5-3-6-10-20)18-26(23)27(25,2)22-11-7-4-8-12-22/h3-18H,1-2H3. The van der Waals surface area contributed by atoms with E-state index in [9.17, 15) is 0 Å². The smallest absolute Gasteiger partial charge is 0.0435 e. The van der Waals surface area contributed by atoms with Crippen LogP contribution in [-0.4, -0.2) is 0 Å². The van der Waals surface area contributed by atoms with E-state index in [-0.39, 0.29) is 5.41 Å². The van der Waals surface area contributed by atoms with Crippen molar-refractivity contribution in [3.05, 3.63) is 119 Å². The van der Waals surface area contributed by atoms with Crippen molar-refractivity contribution in [1.29, 1.82) is 0 Å². The zero-order valence-electron chi connectivity index (χ0n) is 15.7. The van der Waals surface area contributed by atoms with Crippen LogP contribution >= 0.6 is 0 Å². The fraction of sp³-hybridized carbons (Fsp3) is 0.111. The van der Waals surface area contributed by atoms with E-state index in [0.29, 0.717) is 0 Å². The lowest BCUT2D eigenvalue weighted by Gasteiger charge is -2.28. The van der Waals surface area contributed by atoms with E-state index in [1.54, 1.807) is 0 Å². The molecule has 0 aliphatic heterocycles. The summed E-state index contributed by atoms with van der Waals surface area (Å²) in [6.07, 6.45) is 0. The summed E-state index contributed by atoms with van der Waals surface area (Å²) in [6.45, 7) is 4.55. The largest absolute Gasteiger partial charge is 0.0622 e. The third-order valence-corrected chi connectivity index (χ3v) is 6.02. The quantitative estimate of drug-likeness (QED) is 0.367. The molecule has 0 nitrogen and oxygen atoms in total. The van der Waals surface area contributed by atoms with E-state index in [1.807, 2.05) is 0 Å². The van der Waals surface area contributed by atoms with Crippen LogP contribution in [0.3, 0.4) is 0 Å². The normalized spacial score (nSPS) is 17.4.